The fourth-order valence-corrected chi connectivity index (χ4v) is 2.48. The first-order valence-corrected chi connectivity index (χ1v) is 9.37. The summed E-state index contributed by atoms with van der Waals surface area (Å²) in [5.41, 5.74) is -0.0513. The Labute approximate surface area is 171 Å². The van der Waals surface area contributed by atoms with Gasteiger partial charge in [0.05, 0.1) is 6.04 Å². The lowest BCUT2D eigenvalue weighted by atomic mass is 10.1. The molecule has 2 amide bonds. The van der Waals surface area contributed by atoms with Gasteiger partial charge in [-0.1, -0.05) is 36.4 Å². The standard InChI is InChI=1S/C15H22N4O4.C6H6/c1-15(2,3)23-14(21)18-8-10(16-4)11-12(20)19-9-6-5-7-17-13(9)22-11;1-2-4-6-5-3-1/h5-7,10-11,16H,8H2,1-4H3,(H,18,21)(H,19,20);1-6H. The highest BCUT2D eigenvalue weighted by Gasteiger charge is 2.35. The van der Waals surface area contributed by atoms with Crippen LogP contribution in [-0.2, 0) is 9.53 Å². The van der Waals surface area contributed by atoms with Gasteiger partial charge in [0.1, 0.15) is 11.3 Å². The van der Waals surface area contributed by atoms with Crippen LogP contribution in [0.2, 0.25) is 0 Å². The van der Waals surface area contributed by atoms with Crippen LogP contribution in [0.15, 0.2) is 54.7 Å². The maximum atomic E-state index is 12.2. The Kier molecular flexibility index (Phi) is 7.97. The maximum absolute atomic E-state index is 12.2. The average Bonchev–Trinajstić information content (AvgIpc) is 2.69. The van der Waals surface area contributed by atoms with Crippen LogP contribution < -0.4 is 20.7 Å². The summed E-state index contributed by atoms with van der Waals surface area (Å²) in [5, 5.41) is 8.34. The largest absolute Gasteiger partial charge is 0.461 e. The van der Waals surface area contributed by atoms with Gasteiger partial charge in [-0.2, -0.15) is 0 Å². The molecule has 1 aliphatic rings. The van der Waals surface area contributed by atoms with Gasteiger partial charge in [-0.3, -0.25) is 4.79 Å². The summed E-state index contributed by atoms with van der Waals surface area (Å²) >= 11 is 0. The van der Waals surface area contributed by atoms with Gasteiger partial charge in [-0.05, 0) is 40.0 Å². The summed E-state index contributed by atoms with van der Waals surface area (Å²) in [4.78, 5) is 28.0. The Morgan fingerprint density at radius 1 is 1.21 bits per heavy atom. The third-order valence-corrected chi connectivity index (χ3v) is 3.79. The Morgan fingerprint density at radius 2 is 1.83 bits per heavy atom. The van der Waals surface area contributed by atoms with Gasteiger partial charge in [-0.25, -0.2) is 9.78 Å². The quantitative estimate of drug-likeness (QED) is 0.729. The Hall–Kier alpha value is -3.13. The van der Waals surface area contributed by atoms with Gasteiger partial charge >= 0.3 is 6.09 Å². The lowest BCUT2D eigenvalue weighted by Gasteiger charge is -2.30. The molecule has 156 valence electrons. The van der Waals surface area contributed by atoms with Crippen molar-refractivity contribution >= 4 is 17.7 Å². The molecular weight excluding hydrogens is 372 g/mol. The van der Waals surface area contributed by atoms with Gasteiger partial charge in [-0.15, -0.1) is 0 Å². The molecular formula is C21H28N4O4. The topological polar surface area (TPSA) is 102 Å². The number of benzene rings is 1. The molecule has 8 nitrogen and oxygen atoms in total. The number of carbonyl (C=O) groups excluding carboxylic acids is 2. The zero-order valence-corrected chi connectivity index (χ0v) is 17.1. The number of pyridine rings is 1. The number of nitrogens with zero attached hydrogens (tertiary/aromatic N) is 1. The summed E-state index contributed by atoms with van der Waals surface area (Å²) < 4.78 is 10.8. The fraction of sp³-hybridized carbons (Fsp3) is 0.381. The Balaban J connectivity index is 0.000000426. The predicted molar refractivity (Wildman–Crippen MR) is 111 cm³/mol. The van der Waals surface area contributed by atoms with E-state index < -0.39 is 23.8 Å². The summed E-state index contributed by atoms with van der Waals surface area (Å²) in [5.74, 6) is 0.0606. The number of ether oxygens (including phenoxy) is 2. The first-order valence-electron chi connectivity index (χ1n) is 9.37. The van der Waals surface area contributed by atoms with E-state index >= 15 is 0 Å². The van der Waals surface area contributed by atoms with Gasteiger partial charge in [0, 0.05) is 12.7 Å². The monoisotopic (exact) mass is 400 g/mol. The van der Waals surface area contributed by atoms with E-state index in [1.165, 1.54) is 0 Å². The number of hydrogen-bond acceptors (Lipinski definition) is 6. The fourth-order valence-electron chi connectivity index (χ4n) is 2.48. The molecule has 2 atom stereocenters. The molecule has 2 aromatic rings. The molecule has 0 saturated carbocycles. The predicted octanol–water partition coefficient (Wildman–Crippen LogP) is 2.58. The number of rotatable bonds is 4. The van der Waals surface area contributed by atoms with E-state index in [0.29, 0.717) is 11.6 Å². The lowest BCUT2D eigenvalue weighted by Crippen LogP contribution is -2.55. The van der Waals surface area contributed by atoms with Crippen LogP contribution in [0.25, 0.3) is 0 Å². The zero-order valence-electron chi connectivity index (χ0n) is 17.1. The second-order valence-corrected chi connectivity index (χ2v) is 7.32. The molecule has 0 spiro atoms. The van der Waals surface area contributed by atoms with Crippen LogP contribution in [0, 0.1) is 0 Å². The number of aromatic nitrogens is 1. The van der Waals surface area contributed by atoms with Crippen molar-refractivity contribution in [1.82, 2.24) is 15.6 Å². The second kappa shape index (κ2) is 10.4. The van der Waals surface area contributed by atoms with Gasteiger partial charge in [0.15, 0.2) is 6.10 Å². The van der Waals surface area contributed by atoms with Crippen LogP contribution in [0.1, 0.15) is 20.8 Å². The molecule has 2 heterocycles. The zero-order chi connectivity index (χ0) is 21.3. The lowest BCUT2D eigenvalue weighted by molar-refractivity contribution is -0.124. The molecule has 3 N–H and O–H groups in total. The van der Waals surface area contributed by atoms with Crippen molar-refractivity contribution in [1.29, 1.82) is 0 Å². The summed E-state index contributed by atoms with van der Waals surface area (Å²) in [7, 11) is 1.69. The first kappa shape index (κ1) is 22.2. The van der Waals surface area contributed by atoms with Crippen LogP contribution in [-0.4, -0.2) is 48.3 Å². The van der Waals surface area contributed by atoms with Gasteiger partial charge in [0.25, 0.3) is 5.91 Å². The molecule has 0 saturated heterocycles. The SMILES string of the molecule is CNC(CNC(=O)OC(C)(C)C)C1Oc2ncccc2NC1=O.c1ccccc1. The third-order valence-electron chi connectivity index (χ3n) is 3.79. The molecule has 0 aliphatic carbocycles. The number of carbonyl (C=O) groups is 2. The highest BCUT2D eigenvalue weighted by atomic mass is 16.6. The van der Waals surface area contributed by atoms with Crippen LogP contribution in [0.5, 0.6) is 5.88 Å². The highest BCUT2D eigenvalue weighted by Crippen LogP contribution is 2.27. The van der Waals surface area contributed by atoms with Crippen LogP contribution in [0.3, 0.4) is 0 Å². The third kappa shape index (κ3) is 7.42. The second-order valence-electron chi connectivity index (χ2n) is 7.32. The van der Waals surface area contributed by atoms with Crippen molar-refractivity contribution in [2.75, 3.05) is 18.9 Å². The van der Waals surface area contributed by atoms with E-state index in [9.17, 15) is 9.59 Å². The van der Waals surface area contributed by atoms with Gasteiger partial charge in [0.2, 0.25) is 5.88 Å². The number of likely N-dealkylation sites (N-methyl/N-ethyl adjacent to an activating group) is 1. The maximum Gasteiger partial charge on any atom is 0.407 e. The van der Waals surface area contributed by atoms with Crippen molar-refractivity contribution in [3.63, 3.8) is 0 Å². The van der Waals surface area contributed by atoms with Crippen molar-refractivity contribution in [2.24, 2.45) is 0 Å². The number of anilines is 1. The molecule has 3 rings (SSSR count). The molecule has 1 aliphatic heterocycles. The molecule has 0 fully saturated rings. The molecule has 0 bridgehead atoms. The van der Waals surface area contributed by atoms with Crippen LogP contribution in [0.4, 0.5) is 10.5 Å². The molecule has 0 radical (unpaired) electrons. The molecule has 2 unspecified atom stereocenters. The minimum Gasteiger partial charge on any atom is -0.461 e. The molecule has 1 aromatic carbocycles. The van der Waals surface area contributed by atoms with Crippen molar-refractivity contribution < 1.29 is 19.1 Å². The van der Waals surface area contributed by atoms with Crippen molar-refractivity contribution in [2.45, 2.75) is 38.5 Å². The van der Waals surface area contributed by atoms with E-state index in [-0.39, 0.29) is 12.5 Å². The Morgan fingerprint density at radius 3 is 2.38 bits per heavy atom. The average molecular weight is 400 g/mol. The van der Waals surface area contributed by atoms with Crippen molar-refractivity contribution in [3.8, 4) is 5.88 Å². The number of fused-ring (bicyclic) bond motifs is 1. The number of alkyl carbamates (subject to hydrolysis) is 1. The summed E-state index contributed by atoms with van der Waals surface area (Å²) in [6.07, 6.45) is 0.227. The molecule has 29 heavy (non-hydrogen) atoms. The number of hydrogen-bond donors (Lipinski definition) is 3. The summed E-state index contributed by atoms with van der Waals surface area (Å²) in [6, 6.07) is 15.0. The number of nitrogens with one attached hydrogen (secondary N) is 3. The molecule has 1 aromatic heterocycles. The van der Waals surface area contributed by atoms with E-state index in [4.69, 9.17) is 9.47 Å². The van der Waals surface area contributed by atoms with Crippen molar-refractivity contribution in [3.05, 3.63) is 54.7 Å². The smallest absolute Gasteiger partial charge is 0.407 e. The van der Waals surface area contributed by atoms with Gasteiger partial charge < -0.3 is 25.4 Å². The minimum absolute atomic E-state index is 0.172. The Bertz CT molecular complexity index is 766. The van der Waals surface area contributed by atoms with E-state index in [0.717, 1.165) is 0 Å². The van der Waals surface area contributed by atoms with E-state index in [2.05, 4.69) is 20.9 Å². The molecule has 8 heteroatoms. The highest BCUT2D eigenvalue weighted by molar-refractivity contribution is 5.97. The van der Waals surface area contributed by atoms with E-state index in [1.54, 1.807) is 46.1 Å². The first-order chi connectivity index (χ1) is 13.8. The summed E-state index contributed by atoms with van der Waals surface area (Å²) in [6.45, 7) is 5.51. The van der Waals surface area contributed by atoms with E-state index in [1.807, 2.05) is 36.4 Å². The van der Waals surface area contributed by atoms with Crippen LogP contribution >= 0.6 is 0 Å². The normalized spacial score (nSPS) is 16.1. The number of amides is 2. The minimum atomic E-state index is -0.808.